The summed E-state index contributed by atoms with van der Waals surface area (Å²) in [4.78, 5) is 56.2. The van der Waals surface area contributed by atoms with Crippen LogP contribution in [0.2, 0.25) is 0 Å². The third kappa shape index (κ3) is 10.8. The number of amides is 4. The minimum Gasteiger partial charge on any atom is -0.423 e. The molecule has 0 radical (unpaired) electrons. The number of hydrogen-bond acceptors (Lipinski definition) is 10. The lowest BCUT2D eigenvalue weighted by atomic mass is 9.82. The van der Waals surface area contributed by atoms with Gasteiger partial charge in [0.05, 0.1) is 9.85 Å². The highest BCUT2D eigenvalue weighted by Crippen LogP contribution is 2.31. The van der Waals surface area contributed by atoms with Gasteiger partial charge in [0.1, 0.15) is 11.4 Å². The van der Waals surface area contributed by atoms with Gasteiger partial charge in [0.25, 0.3) is 11.4 Å². The van der Waals surface area contributed by atoms with E-state index in [1.807, 2.05) is 6.07 Å². The number of likely N-dealkylation sites (tertiary alicyclic amines) is 2. The molecule has 16 nitrogen and oxygen atoms in total. The first-order valence-corrected chi connectivity index (χ1v) is 16.3. The van der Waals surface area contributed by atoms with Crippen molar-refractivity contribution in [1.29, 1.82) is 0 Å². The molecule has 4 aromatic rings. The molecule has 260 valence electrons. The van der Waals surface area contributed by atoms with E-state index in [0.717, 1.165) is 36.8 Å². The fourth-order valence-corrected chi connectivity index (χ4v) is 5.39. The zero-order valence-corrected chi connectivity index (χ0v) is 28.3. The van der Waals surface area contributed by atoms with E-state index in [-0.39, 0.29) is 34.8 Å². The normalized spacial score (nSPS) is 13.3. The van der Waals surface area contributed by atoms with E-state index < -0.39 is 17.0 Å². The Balaban J connectivity index is 0.000000184. The van der Waals surface area contributed by atoms with Gasteiger partial charge in [0.15, 0.2) is 0 Å². The summed E-state index contributed by atoms with van der Waals surface area (Å²) in [5.41, 5.74) is 2.20. The topological polar surface area (TPSA) is 217 Å². The van der Waals surface area contributed by atoms with Crippen molar-refractivity contribution in [3.63, 3.8) is 0 Å². The molecule has 2 fully saturated rings. The van der Waals surface area contributed by atoms with Crippen molar-refractivity contribution in [3.05, 3.63) is 110 Å². The molecule has 4 N–H and O–H groups in total. The summed E-state index contributed by atoms with van der Waals surface area (Å²) in [6.07, 6.45) is 10.2. The number of rotatable bonds is 6. The molecule has 4 amide bonds. The first kappa shape index (κ1) is 37.4. The SMILES string of the molecule is O=C(Nc1cc(-c2cccnc2)ccc1[N+](=O)[O-])N1CCCC1.O=C(Nc1cc(Br)ccc1[N+](=O)[O-])N1CCCC1.OB(O)c1cccnc1. The van der Waals surface area contributed by atoms with Crippen LogP contribution in [0, 0.1) is 20.2 Å². The number of carbonyl (C=O) groups excluding carboxylic acids is 2. The van der Waals surface area contributed by atoms with Crippen LogP contribution < -0.4 is 16.1 Å². The molecule has 0 unspecified atom stereocenters. The Morgan fingerprint density at radius 3 is 1.66 bits per heavy atom. The van der Waals surface area contributed by atoms with Gasteiger partial charge < -0.3 is 30.5 Å². The van der Waals surface area contributed by atoms with Crippen LogP contribution in [0.1, 0.15) is 25.7 Å². The van der Waals surface area contributed by atoms with Gasteiger partial charge in [0, 0.05) is 78.6 Å². The summed E-state index contributed by atoms with van der Waals surface area (Å²) >= 11 is 3.23. The first-order chi connectivity index (χ1) is 24.0. The van der Waals surface area contributed by atoms with Crippen LogP contribution in [-0.2, 0) is 0 Å². The van der Waals surface area contributed by atoms with Gasteiger partial charge in [0.2, 0.25) is 0 Å². The van der Waals surface area contributed by atoms with E-state index in [0.29, 0.717) is 36.1 Å². The van der Waals surface area contributed by atoms with Crippen LogP contribution in [0.25, 0.3) is 11.1 Å². The highest BCUT2D eigenvalue weighted by atomic mass is 79.9. The van der Waals surface area contributed by atoms with Crippen LogP contribution in [-0.4, -0.2) is 85.0 Å². The fourth-order valence-electron chi connectivity index (χ4n) is 5.03. The number of nitro groups is 2. The van der Waals surface area contributed by atoms with Gasteiger partial charge in [-0.3, -0.25) is 30.2 Å². The third-order valence-electron chi connectivity index (χ3n) is 7.60. The van der Waals surface area contributed by atoms with Crippen LogP contribution >= 0.6 is 15.9 Å². The second-order valence-electron chi connectivity index (χ2n) is 11.1. The number of nitrogens with zero attached hydrogens (tertiary/aromatic N) is 6. The number of benzene rings is 2. The maximum absolute atomic E-state index is 12.2. The molecule has 2 aromatic carbocycles. The first-order valence-electron chi connectivity index (χ1n) is 15.5. The van der Waals surface area contributed by atoms with Crippen molar-refractivity contribution in [2.45, 2.75) is 25.7 Å². The molecule has 2 aromatic heterocycles. The number of carbonyl (C=O) groups is 2. The summed E-state index contributed by atoms with van der Waals surface area (Å²) < 4.78 is 0.685. The molecule has 0 atom stereocenters. The number of nitrogens with one attached hydrogen (secondary N) is 2. The fraction of sp³-hybridized carbons (Fsp3) is 0.250. The second kappa shape index (κ2) is 18.3. The van der Waals surface area contributed by atoms with E-state index in [4.69, 9.17) is 10.0 Å². The van der Waals surface area contributed by atoms with E-state index >= 15 is 0 Å². The summed E-state index contributed by atoms with van der Waals surface area (Å²) in [5, 5.41) is 44.4. The van der Waals surface area contributed by atoms with Gasteiger partial charge in [-0.2, -0.15) is 0 Å². The summed E-state index contributed by atoms with van der Waals surface area (Å²) in [6, 6.07) is 15.5. The maximum Gasteiger partial charge on any atom is 0.490 e. The average molecular weight is 749 g/mol. The molecule has 0 spiro atoms. The Morgan fingerprint density at radius 2 is 1.22 bits per heavy atom. The van der Waals surface area contributed by atoms with Gasteiger partial charge >= 0.3 is 19.2 Å². The molecule has 2 aliphatic rings. The Bertz CT molecular complexity index is 1780. The summed E-state index contributed by atoms with van der Waals surface area (Å²) in [7, 11) is -1.40. The Morgan fingerprint density at radius 1 is 0.720 bits per heavy atom. The van der Waals surface area contributed by atoms with Gasteiger partial charge in [-0.15, -0.1) is 0 Å². The van der Waals surface area contributed by atoms with Crippen molar-refractivity contribution in [3.8, 4) is 11.1 Å². The molecule has 4 heterocycles. The molecule has 2 saturated heterocycles. The highest BCUT2D eigenvalue weighted by molar-refractivity contribution is 9.10. The molecular weight excluding hydrogens is 715 g/mol. The minimum absolute atomic E-state index is 0.106. The van der Waals surface area contributed by atoms with E-state index in [2.05, 4.69) is 36.5 Å². The standard InChI is InChI=1S/C16H16N4O3.C11H12BrN3O3.C5H6BNO2/c21-16(19-8-1-2-9-19)18-14-10-12(5-6-15(14)20(22)23)13-4-3-7-17-11-13;12-8-3-4-10(15(17)18)9(7-8)13-11(16)14-5-1-2-6-14;8-6(9)5-2-1-3-7-4-5/h3-7,10-11H,1-2,8-9H2,(H,18,21);3-4,7H,1-2,5-6H2,(H,13,16);1-4,8-9H. The van der Waals surface area contributed by atoms with Crippen LogP contribution in [0.3, 0.4) is 0 Å². The highest BCUT2D eigenvalue weighted by Gasteiger charge is 2.23. The molecule has 0 aliphatic carbocycles. The van der Waals surface area contributed by atoms with Crippen LogP contribution in [0.5, 0.6) is 0 Å². The Kier molecular flexibility index (Phi) is 13.7. The van der Waals surface area contributed by atoms with Crippen molar-refractivity contribution >= 4 is 63.3 Å². The average Bonchev–Trinajstić information content (AvgIpc) is 3.86. The predicted octanol–water partition coefficient (Wildman–Crippen LogP) is 5.03. The lowest BCUT2D eigenvalue weighted by Gasteiger charge is -2.16. The lowest BCUT2D eigenvalue weighted by molar-refractivity contribution is -0.384. The predicted molar refractivity (Wildman–Crippen MR) is 191 cm³/mol. The Hall–Kier alpha value is -5.46. The number of pyridine rings is 2. The number of nitro benzene ring substituents is 2. The van der Waals surface area contributed by atoms with Gasteiger partial charge in [-0.25, -0.2) is 9.59 Å². The molecule has 6 rings (SSSR count). The van der Waals surface area contributed by atoms with Crippen LogP contribution in [0.15, 0.2) is 89.9 Å². The molecular formula is C32H34BBrN8O8. The molecule has 18 heteroatoms. The Labute approximate surface area is 295 Å². The number of urea groups is 2. The van der Waals surface area contributed by atoms with Crippen LogP contribution in [0.4, 0.5) is 32.3 Å². The quantitative estimate of drug-likeness (QED) is 0.117. The third-order valence-corrected chi connectivity index (χ3v) is 8.09. The van der Waals surface area contributed by atoms with E-state index in [1.54, 1.807) is 64.8 Å². The zero-order chi connectivity index (χ0) is 36.0. The smallest absolute Gasteiger partial charge is 0.423 e. The summed E-state index contributed by atoms with van der Waals surface area (Å²) in [6.45, 7) is 2.77. The summed E-state index contributed by atoms with van der Waals surface area (Å²) in [5.74, 6) is 0. The van der Waals surface area contributed by atoms with E-state index in [1.165, 1.54) is 24.4 Å². The second-order valence-corrected chi connectivity index (χ2v) is 12.0. The zero-order valence-electron chi connectivity index (χ0n) is 26.7. The maximum atomic E-state index is 12.2. The van der Waals surface area contributed by atoms with Crippen molar-refractivity contribution in [2.24, 2.45) is 0 Å². The molecule has 2 aliphatic heterocycles. The van der Waals surface area contributed by atoms with Crippen molar-refractivity contribution in [1.82, 2.24) is 19.8 Å². The molecule has 0 saturated carbocycles. The number of aromatic nitrogens is 2. The minimum atomic E-state index is -1.40. The molecule has 50 heavy (non-hydrogen) atoms. The van der Waals surface area contributed by atoms with Crippen molar-refractivity contribution in [2.75, 3.05) is 36.8 Å². The largest absolute Gasteiger partial charge is 0.490 e. The number of halogens is 1. The van der Waals surface area contributed by atoms with Gasteiger partial charge in [-0.1, -0.05) is 28.1 Å². The van der Waals surface area contributed by atoms with Gasteiger partial charge in [-0.05, 0) is 67.6 Å². The number of anilines is 2. The lowest BCUT2D eigenvalue weighted by Crippen LogP contribution is -2.32. The molecule has 0 bridgehead atoms. The van der Waals surface area contributed by atoms with E-state index in [9.17, 15) is 29.8 Å². The monoisotopic (exact) mass is 748 g/mol. The van der Waals surface area contributed by atoms with Crippen molar-refractivity contribution < 1.29 is 29.5 Å². The number of hydrogen-bond donors (Lipinski definition) is 4.